The molecule has 0 aliphatic carbocycles. The minimum atomic E-state index is -0.633. The van der Waals surface area contributed by atoms with E-state index in [1.807, 2.05) is 0 Å². The van der Waals surface area contributed by atoms with E-state index in [0.717, 1.165) is 18.7 Å². The van der Waals surface area contributed by atoms with E-state index in [4.69, 9.17) is 11.6 Å². The molecule has 1 heterocycles. The molecule has 1 aliphatic rings. The van der Waals surface area contributed by atoms with Crippen LogP contribution in [0.4, 0.5) is 4.39 Å². The van der Waals surface area contributed by atoms with Crippen LogP contribution in [0.3, 0.4) is 0 Å². The molecule has 98 valence electrons. The van der Waals surface area contributed by atoms with Crippen molar-refractivity contribution in [1.82, 2.24) is 10.6 Å². The van der Waals surface area contributed by atoms with Gasteiger partial charge in [-0.1, -0.05) is 11.6 Å². The van der Waals surface area contributed by atoms with E-state index in [1.54, 1.807) is 0 Å². The third-order valence-electron chi connectivity index (χ3n) is 2.89. The van der Waals surface area contributed by atoms with Gasteiger partial charge in [0.05, 0.1) is 12.1 Å². The monoisotopic (exact) mass is 272 g/mol. The molecule has 0 spiro atoms. The highest BCUT2D eigenvalue weighted by Crippen LogP contribution is 2.14. The van der Waals surface area contributed by atoms with E-state index in [2.05, 4.69) is 10.6 Å². The lowest BCUT2D eigenvalue weighted by molar-refractivity contribution is 0.0765. The number of aliphatic hydroxyl groups excluding tert-OH is 1. The highest BCUT2D eigenvalue weighted by molar-refractivity contribution is 6.31. The van der Waals surface area contributed by atoms with Crippen LogP contribution < -0.4 is 10.6 Å². The molecule has 1 amide bonds. The zero-order valence-electron chi connectivity index (χ0n) is 9.62. The first-order valence-corrected chi connectivity index (χ1v) is 6.10. The molecule has 6 heteroatoms. The number of benzene rings is 1. The van der Waals surface area contributed by atoms with Gasteiger partial charge in [-0.2, -0.15) is 0 Å². The Kier molecular flexibility index (Phi) is 4.16. The topological polar surface area (TPSA) is 61.4 Å². The van der Waals surface area contributed by atoms with Gasteiger partial charge in [0.25, 0.3) is 5.91 Å². The summed E-state index contributed by atoms with van der Waals surface area (Å²) in [6, 6.07) is 3.33. The summed E-state index contributed by atoms with van der Waals surface area (Å²) < 4.78 is 13.1. The Morgan fingerprint density at radius 3 is 2.94 bits per heavy atom. The summed E-state index contributed by atoms with van der Waals surface area (Å²) in [6.45, 7) is 1.17. The summed E-state index contributed by atoms with van der Waals surface area (Å²) in [7, 11) is 0. The molecule has 2 atom stereocenters. The molecule has 18 heavy (non-hydrogen) atoms. The van der Waals surface area contributed by atoms with E-state index in [9.17, 15) is 14.3 Å². The fraction of sp³-hybridized carbons (Fsp3) is 0.417. The van der Waals surface area contributed by atoms with Crippen molar-refractivity contribution in [3.63, 3.8) is 0 Å². The van der Waals surface area contributed by atoms with Gasteiger partial charge in [0, 0.05) is 17.1 Å². The lowest BCUT2D eigenvalue weighted by Crippen LogP contribution is -2.52. The number of rotatable bonds is 2. The van der Waals surface area contributed by atoms with Gasteiger partial charge >= 0.3 is 0 Å². The van der Waals surface area contributed by atoms with Crippen LogP contribution in [-0.4, -0.2) is 36.2 Å². The van der Waals surface area contributed by atoms with E-state index >= 15 is 0 Å². The molecule has 1 fully saturated rings. The van der Waals surface area contributed by atoms with Crippen molar-refractivity contribution < 1.29 is 14.3 Å². The van der Waals surface area contributed by atoms with Crippen molar-refractivity contribution in [2.24, 2.45) is 0 Å². The predicted molar refractivity (Wildman–Crippen MR) is 66.2 cm³/mol. The molecule has 0 unspecified atom stereocenters. The summed E-state index contributed by atoms with van der Waals surface area (Å²) in [5.74, 6) is -0.985. The Hall–Kier alpha value is -1.17. The van der Waals surface area contributed by atoms with Crippen LogP contribution in [0.25, 0.3) is 0 Å². The maximum Gasteiger partial charge on any atom is 0.251 e. The van der Waals surface area contributed by atoms with Crippen LogP contribution in [0.15, 0.2) is 18.2 Å². The molecular formula is C12H14ClFN2O2. The molecule has 3 N–H and O–H groups in total. The van der Waals surface area contributed by atoms with Gasteiger partial charge < -0.3 is 15.7 Å². The Morgan fingerprint density at radius 1 is 1.50 bits per heavy atom. The molecule has 0 saturated carbocycles. The van der Waals surface area contributed by atoms with Crippen molar-refractivity contribution in [3.8, 4) is 0 Å². The molecule has 0 aromatic heterocycles. The van der Waals surface area contributed by atoms with Crippen molar-refractivity contribution in [2.45, 2.75) is 18.6 Å². The number of hydrogen-bond donors (Lipinski definition) is 3. The molecule has 0 bridgehead atoms. The molecule has 1 saturated heterocycles. The number of halogens is 2. The molecule has 1 aromatic rings. The maximum absolute atomic E-state index is 13.1. The van der Waals surface area contributed by atoms with Gasteiger partial charge in [-0.05, 0) is 31.2 Å². The third-order valence-corrected chi connectivity index (χ3v) is 3.11. The quantitative estimate of drug-likeness (QED) is 0.751. The van der Waals surface area contributed by atoms with Gasteiger partial charge in [-0.15, -0.1) is 0 Å². The number of amides is 1. The van der Waals surface area contributed by atoms with Crippen molar-refractivity contribution in [3.05, 3.63) is 34.6 Å². The zero-order chi connectivity index (χ0) is 13.1. The molecular weight excluding hydrogens is 259 g/mol. The fourth-order valence-electron chi connectivity index (χ4n) is 1.95. The van der Waals surface area contributed by atoms with Crippen LogP contribution in [0, 0.1) is 5.82 Å². The summed E-state index contributed by atoms with van der Waals surface area (Å²) in [5, 5.41) is 15.6. The average molecular weight is 273 g/mol. The first-order chi connectivity index (χ1) is 8.56. The van der Waals surface area contributed by atoms with Gasteiger partial charge in [-0.3, -0.25) is 4.79 Å². The second-order valence-electron chi connectivity index (χ2n) is 4.30. The standard InChI is InChI=1S/C12H14ClFN2O2/c13-8-3-7(4-9(14)5-8)12(18)16-10-1-2-15-6-11(10)17/h3-5,10-11,15,17H,1-2,6H2,(H,16,18)/t10-,11-/m1/s1. The summed E-state index contributed by atoms with van der Waals surface area (Å²) in [5.41, 5.74) is 0.158. The van der Waals surface area contributed by atoms with Crippen LogP contribution >= 0.6 is 11.6 Å². The highest BCUT2D eigenvalue weighted by Gasteiger charge is 2.24. The Morgan fingerprint density at radius 2 is 2.28 bits per heavy atom. The highest BCUT2D eigenvalue weighted by atomic mass is 35.5. The van der Waals surface area contributed by atoms with E-state index < -0.39 is 17.8 Å². The largest absolute Gasteiger partial charge is 0.390 e. The second-order valence-corrected chi connectivity index (χ2v) is 4.73. The first kappa shape index (κ1) is 13.3. The Labute approximate surface area is 109 Å². The molecule has 1 aromatic carbocycles. The van der Waals surface area contributed by atoms with Gasteiger partial charge in [0.1, 0.15) is 5.82 Å². The van der Waals surface area contributed by atoms with Gasteiger partial charge in [0.2, 0.25) is 0 Å². The smallest absolute Gasteiger partial charge is 0.251 e. The number of β-amino-alcohol motifs (C(OH)–C–C–N with tert-alkyl or cyclic N) is 1. The summed E-state index contributed by atoms with van der Waals surface area (Å²) in [4.78, 5) is 11.9. The summed E-state index contributed by atoms with van der Waals surface area (Å²) in [6.07, 6.45) is 0.00222. The first-order valence-electron chi connectivity index (χ1n) is 5.72. The van der Waals surface area contributed by atoms with Crippen molar-refractivity contribution >= 4 is 17.5 Å². The fourth-order valence-corrected chi connectivity index (χ4v) is 2.17. The van der Waals surface area contributed by atoms with Gasteiger partial charge in [0.15, 0.2) is 0 Å². The van der Waals surface area contributed by atoms with E-state index in [1.165, 1.54) is 6.07 Å². The number of piperidine rings is 1. The van der Waals surface area contributed by atoms with Crippen molar-refractivity contribution in [1.29, 1.82) is 0 Å². The number of carbonyl (C=O) groups excluding carboxylic acids is 1. The van der Waals surface area contributed by atoms with Crippen LogP contribution in [0.2, 0.25) is 5.02 Å². The second kappa shape index (κ2) is 5.65. The number of carbonyl (C=O) groups is 1. The van der Waals surface area contributed by atoms with Crippen molar-refractivity contribution in [2.75, 3.05) is 13.1 Å². The van der Waals surface area contributed by atoms with Crippen LogP contribution in [0.5, 0.6) is 0 Å². The molecule has 4 nitrogen and oxygen atoms in total. The minimum absolute atomic E-state index is 0.158. The lowest BCUT2D eigenvalue weighted by atomic mass is 10.0. The van der Waals surface area contributed by atoms with E-state index in [0.29, 0.717) is 13.0 Å². The van der Waals surface area contributed by atoms with Crippen LogP contribution in [0.1, 0.15) is 16.8 Å². The number of hydrogen-bond acceptors (Lipinski definition) is 3. The molecule has 1 aliphatic heterocycles. The zero-order valence-corrected chi connectivity index (χ0v) is 10.4. The third kappa shape index (κ3) is 3.19. The van der Waals surface area contributed by atoms with Gasteiger partial charge in [-0.25, -0.2) is 4.39 Å². The number of aliphatic hydroxyl groups is 1. The number of nitrogens with one attached hydrogen (secondary N) is 2. The Balaban J connectivity index is 2.06. The summed E-state index contributed by atoms with van der Waals surface area (Å²) >= 11 is 5.69. The van der Waals surface area contributed by atoms with Crippen LogP contribution in [-0.2, 0) is 0 Å². The average Bonchev–Trinajstić information content (AvgIpc) is 2.31. The molecule has 2 rings (SSSR count). The Bertz CT molecular complexity index is 435. The predicted octanol–water partition coefficient (Wildman–Crippen LogP) is 0.932. The minimum Gasteiger partial charge on any atom is -0.390 e. The SMILES string of the molecule is O=C(N[C@@H]1CCNC[C@H]1O)c1cc(F)cc(Cl)c1. The van der Waals surface area contributed by atoms with E-state index in [-0.39, 0.29) is 16.6 Å². The normalized spacial score (nSPS) is 23.7. The maximum atomic E-state index is 13.1. The lowest BCUT2D eigenvalue weighted by Gasteiger charge is -2.29. The molecule has 0 radical (unpaired) electrons.